The third-order valence-corrected chi connectivity index (χ3v) is 2.11. The Morgan fingerprint density at radius 3 is 2.67 bits per heavy atom. The molecule has 1 amide bonds. The molecule has 0 bridgehead atoms. The minimum Gasteiger partial charge on any atom is -0.392 e. The van der Waals surface area contributed by atoms with Crippen molar-refractivity contribution in [3.63, 3.8) is 0 Å². The number of hydrogen-bond donors (Lipinski definition) is 2. The number of halogens is 1. The van der Waals surface area contributed by atoms with Crippen LogP contribution >= 0.6 is 0 Å². The lowest BCUT2D eigenvalue weighted by atomic mass is 9.81. The Kier molecular flexibility index (Phi) is 2.67. The minimum absolute atomic E-state index is 0.129. The van der Waals surface area contributed by atoms with Gasteiger partial charge in [0.1, 0.15) is 0 Å². The van der Waals surface area contributed by atoms with E-state index in [4.69, 9.17) is 5.11 Å². The Morgan fingerprint density at radius 1 is 1.75 bits per heavy atom. The lowest BCUT2D eigenvalue weighted by Gasteiger charge is -2.32. The van der Waals surface area contributed by atoms with E-state index in [2.05, 4.69) is 5.32 Å². The summed E-state index contributed by atoms with van der Waals surface area (Å²) in [4.78, 5) is 11.1. The van der Waals surface area contributed by atoms with Gasteiger partial charge in [0, 0.05) is 6.54 Å². The van der Waals surface area contributed by atoms with E-state index in [1.165, 1.54) is 0 Å². The predicted molar refractivity (Wildman–Crippen MR) is 42.4 cm³/mol. The number of carbonyl (C=O) groups excluding carboxylic acids is 1. The largest absolute Gasteiger partial charge is 0.392 e. The summed E-state index contributed by atoms with van der Waals surface area (Å²) in [5, 5.41) is 11.2. The maximum Gasteiger partial charge on any atom is 0.257 e. The molecule has 1 rings (SSSR count). The first-order valence-corrected chi connectivity index (χ1v) is 4.20. The van der Waals surface area contributed by atoms with Crippen molar-refractivity contribution >= 4 is 5.91 Å². The lowest BCUT2D eigenvalue weighted by Crippen LogP contribution is -2.49. The Labute approximate surface area is 71.0 Å². The van der Waals surface area contributed by atoms with Crippen LogP contribution in [-0.2, 0) is 4.79 Å². The summed E-state index contributed by atoms with van der Waals surface area (Å²) in [6, 6.07) is 0. The molecule has 0 unspecified atom stereocenters. The highest BCUT2D eigenvalue weighted by Gasteiger charge is 2.44. The van der Waals surface area contributed by atoms with Crippen LogP contribution in [0.3, 0.4) is 0 Å². The number of alkyl halides is 1. The number of carbonyl (C=O) groups is 1. The topological polar surface area (TPSA) is 49.3 Å². The van der Waals surface area contributed by atoms with Gasteiger partial charge in [-0.15, -0.1) is 0 Å². The van der Waals surface area contributed by atoms with Crippen molar-refractivity contribution in [1.29, 1.82) is 0 Å². The maximum absolute atomic E-state index is 13.3. The summed E-state index contributed by atoms with van der Waals surface area (Å²) in [6.07, 6.45) is 0.799. The monoisotopic (exact) mass is 175 g/mol. The summed E-state index contributed by atoms with van der Waals surface area (Å²) in [7, 11) is 0. The van der Waals surface area contributed by atoms with Gasteiger partial charge < -0.3 is 10.4 Å². The number of rotatable bonds is 3. The molecular formula is C8H14FNO2. The van der Waals surface area contributed by atoms with Gasteiger partial charge in [-0.2, -0.15) is 0 Å². The maximum atomic E-state index is 13.3. The lowest BCUT2D eigenvalue weighted by molar-refractivity contribution is -0.138. The van der Waals surface area contributed by atoms with Gasteiger partial charge >= 0.3 is 0 Å². The number of amides is 1. The molecule has 1 aliphatic carbocycles. The van der Waals surface area contributed by atoms with Gasteiger partial charge in [-0.1, -0.05) is 0 Å². The summed E-state index contributed by atoms with van der Waals surface area (Å²) in [5.41, 5.74) is -1.64. The molecule has 4 heteroatoms. The molecule has 70 valence electrons. The molecule has 0 aliphatic heterocycles. The fourth-order valence-electron chi connectivity index (χ4n) is 1.11. The number of nitrogens with one attached hydrogen (secondary N) is 1. The van der Waals surface area contributed by atoms with Crippen molar-refractivity contribution in [3.8, 4) is 0 Å². The van der Waals surface area contributed by atoms with Crippen LogP contribution in [0.1, 0.15) is 26.2 Å². The number of aliphatic hydroxyl groups excluding tert-OH is 1. The van der Waals surface area contributed by atoms with Crippen molar-refractivity contribution < 1.29 is 14.3 Å². The highest BCUT2D eigenvalue weighted by atomic mass is 19.1. The average Bonchev–Trinajstić information content (AvgIpc) is 1.95. The molecule has 0 aromatic heterocycles. The van der Waals surface area contributed by atoms with Crippen LogP contribution in [0.15, 0.2) is 0 Å². The van der Waals surface area contributed by atoms with E-state index in [1.54, 1.807) is 6.92 Å². The second-order valence-corrected chi connectivity index (χ2v) is 3.38. The molecule has 1 aliphatic rings. The SMILES string of the molecule is C[C@@H](O)CNC(=O)C1(F)CCC1. The first-order chi connectivity index (χ1) is 5.54. The zero-order valence-electron chi connectivity index (χ0n) is 7.14. The molecule has 0 saturated heterocycles. The van der Waals surface area contributed by atoms with E-state index in [0.717, 1.165) is 6.42 Å². The van der Waals surface area contributed by atoms with Gasteiger partial charge in [-0.3, -0.25) is 4.79 Å². The zero-order valence-corrected chi connectivity index (χ0v) is 7.14. The molecular weight excluding hydrogens is 161 g/mol. The Bertz CT molecular complexity index is 178. The quantitative estimate of drug-likeness (QED) is 0.651. The molecule has 12 heavy (non-hydrogen) atoms. The molecule has 2 N–H and O–H groups in total. The van der Waals surface area contributed by atoms with Gasteiger partial charge in [-0.25, -0.2) is 4.39 Å². The second kappa shape index (κ2) is 3.39. The minimum atomic E-state index is -1.64. The zero-order chi connectivity index (χ0) is 9.19. The van der Waals surface area contributed by atoms with E-state index in [1.807, 2.05) is 0 Å². The fourth-order valence-corrected chi connectivity index (χ4v) is 1.11. The van der Waals surface area contributed by atoms with E-state index in [0.29, 0.717) is 12.8 Å². The third-order valence-electron chi connectivity index (χ3n) is 2.11. The fraction of sp³-hybridized carbons (Fsp3) is 0.875. The first-order valence-electron chi connectivity index (χ1n) is 4.20. The van der Waals surface area contributed by atoms with E-state index in [-0.39, 0.29) is 6.54 Å². The van der Waals surface area contributed by atoms with Gasteiger partial charge in [0.2, 0.25) is 0 Å². The van der Waals surface area contributed by atoms with Crippen LogP contribution in [0.2, 0.25) is 0 Å². The van der Waals surface area contributed by atoms with Crippen LogP contribution in [0.5, 0.6) is 0 Å². The van der Waals surface area contributed by atoms with Crippen molar-refractivity contribution in [2.24, 2.45) is 0 Å². The van der Waals surface area contributed by atoms with Gasteiger partial charge in [0.15, 0.2) is 5.67 Å². The van der Waals surface area contributed by atoms with Crippen LogP contribution in [0, 0.1) is 0 Å². The molecule has 0 heterocycles. The standard InChI is InChI=1S/C8H14FNO2/c1-6(11)5-10-7(12)8(9)3-2-4-8/h6,11H,2-5H2,1H3,(H,10,12)/t6-/m1/s1. The Morgan fingerprint density at radius 2 is 2.33 bits per heavy atom. The first kappa shape index (κ1) is 9.45. The number of hydrogen-bond acceptors (Lipinski definition) is 2. The Hall–Kier alpha value is -0.640. The van der Waals surface area contributed by atoms with Crippen molar-refractivity contribution in [3.05, 3.63) is 0 Å². The normalized spacial score (nSPS) is 22.6. The molecule has 1 saturated carbocycles. The smallest absolute Gasteiger partial charge is 0.257 e. The van der Waals surface area contributed by atoms with Gasteiger partial charge in [0.25, 0.3) is 5.91 Å². The molecule has 0 aromatic carbocycles. The molecule has 0 aromatic rings. The molecule has 0 radical (unpaired) electrons. The molecule has 1 atom stereocenters. The molecule has 1 fully saturated rings. The van der Waals surface area contributed by atoms with E-state index in [9.17, 15) is 9.18 Å². The van der Waals surface area contributed by atoms with Crippen LogP contribution in [-0.4, -0.2) is 29.3 Å². The Balaban J connectivity index is 2.28. The van der Waals surface area contributed by atoms with E-state index >= 15 is 0 Å². The van der Waals surface area contributed by atoms with Crippen molar-refractivity contribution in [2.75, 3.05) is 6.54 Å². The predicted octanol–water partition coefficient (Wildman–Crippen LogP) is 0.376. The van der Waals surface area contributed by atoms with Crippen LogP contribution < -0.4 is 5.32 Å². The van der Waals surface area contributed by atoms with Crippen molar-refractivity contribution in [1.82, 2.24) is 5.32 Å². The van der Waals surface area contributed by atoms with Gasteiger partial charge in [-0.05, 0) is 26.2 Å². The van der Waals surface area contributed by atoms with Crippen LogP contribution in [0.4, 0.5) is 4.39 Å². The summed E-state index contributed by atoms with van der Waals surface area (Å²) in [6.45, 7) is 1.68. The third kappa shape index (κ3) is 1.94. The summed E-state index contributed by atoms with van der Waals surface area (Å²) < 4.78 is 13.3. The van der Waals surface area contributed by atoms with Crippen LogP contribution in [0.25, 0.3) is 0 Å². The summed E-state index contributed by atoms with van der Waals surface area (Å²) >= 11 is 0. The highest BCUT2D eigenvalue weighted by molar-refractivity contribution is 5.85. The summed E-state index contributed by atoms with van der Waals surface area (Å²) in [5.74, 6) is -0.574. The number of aliphatic hydroxyl groups is 1. The second-order valence-electron chi connectivity index (χ2n) is 3.38. The van der Waals surface area contributed by atoms with Crippen molar-refractivity contribution in [2.45, 2.75) is 38.0 Å². The average molecular weight is 175 g/mol. The molecule has 3 nitrogen and oxygen atoms in total. The molecule has 0 spiro atoms. The highest BCUT2D eigenvalue weighted by Crippen LogP contribution is 2.35. The van der Waals surface area contributed by atoms with Gasteiger partial charge in [0.05, 0.1) is 6.10 Å². The van der Waals surface area contributed by atoms with E-state index < -0.39 is 17.7 Å².